The molecule has 0 aliphatic rings. The lowest BCUT2D eigenvalue weighted by atomic mass is 10.2. The van der Waals surface area contributed by atoms with Crippen LogP contribution in [-0.2, 0) is 19.6 Å². The molecule has 0 saturated heterocycles. The molecule has 2 rings (SSSR count). The molecule has 0 radical (unpaired) electrons. The Balaban J connectivity index is 2.31. The Bertz CT molecular complexity index is 906. The minimum atomic E-state index is -3.85. The fourth-order valence-corrected chi connectivity index (χ4v) is 3.06. The zero-order valence-electron chi connectivity index (χ0n) is 14.6. The van der Waals surface area contributed by atoms with Gasteiger partial charge in [-0.2, -0.15) is 0 Å². The number of aromatic nitrogens is 1. The number of aryl methyl sites for hydroxylation is 1. The molecule has 1 N–H and O–H groups in total. The highest BCUT2D eigenvalue weighted by Gasteiger charge is 2.26. The predicted octanol–water partition coefficient (Wildman–Crippen LogP) is 1.56. The van der Waals surface area contributed by atoms with E-state index in [1.54, 1.807) is 26.0 Å². The van der Waals surface area contributed by atoms with Gasteiger partial charge < -0.3 is 14.6 Å². The van der Waals surface area contributed by atoms with Crippen molar-refractivity contribution in [2.45, 2.75) is 13.8 Å². The number of hydrogen-bond donors (Lipinski definition) is 1. The van der Waals surface area contributed by atoms with Crippen LogP contribution in [-0.4, -0.2) is 44.9 Å². The first kappa shape index (κ1) is 19.4. The molecule has 9 nitrogen and oxygen atoms in total. The molecule has 2 aromatic rings. The second-order valence-electron chi connectivity index (χ2n) is 5.38. The smallest absolute Gasteiger partial charge is 0.340 e. The Hall–Kier alpha value is -2.88. The molecule has 1 aromatic carbocycles. The Morgan fingerprint density at radius 2 is 2.00 bits per heavy atom. The number of rotatable bonds is 7. The topological polar surface area (TPSA) is 119 Å². The first-order valence-corrected chi connectivity index (χ1v) is 9.54. The number of ether oxygens (including phenoxy) is 1. The van der Waals surface area contributed by atoms with Gasteiger partial charge >= 0.3 is 5.97 Å². The van der Waals surface area contributed by atoms with Gasteiger partial charge in [0.25, 0.3) is 0 Å². The molecule has 0 aliphatic carbocycles. The maximum Gasteiger partial charge on any atom is 0.340 e. The van der Waals surface area contributed by atoms with Gasteiger partial charge in [0.1, 0.15) is 12.3 Å². The Labute approximate surface area is 151 Å². The number of para-hydroxylation sites is 1. The third kappa shape index (κ3) is 4.82. The maximum atomic E-state index is 12.2. The van der Waals surface area contributed by atoms with E-state index in [0.29, 0.717) is 5.76 Å². The molecule has 0 unspecified atom stereocenters. The fraction of sp³-hybridized carbons (Fsp3) is 0.312. The van der Waals surface area contributed by atoms with Gasteiger partial charge in [-0.05, 0) is 26.0 Å². The SMILES string of the molecule is CCOC(=O)c1ccccc1N(CC(=O)Nc1cc(C)on1)S(C)(=O)=O. The van der Waals surface area contributed by atoms with E-state index in [1.165, 1.54) is 18.2 Å². The van der Waals surface area contributed by atoms with E-state index >= 15 is 0 Å². The highest BCUT2D eigenvalue weighted by atomic mass is 32.2. The van der Waals surface area contributed by atoms with Crippen molar-refractivity contribution in [3.05, 3.63) is 41.7 Å². The van der Waals surface area contributed by atoms with Crippen molar-refractivity contribution in [3.63, 3.8) is 0 Å². The van der Waals surface area contributed by atoms with Crippen molar-refractivity contribution in [3.8, 4) is 0 Å². The molecule has 140 valence electrons. The van der Waals surface area contributed by atoms with Crippen molar-refractivity contribution in [1.82, 2.24) is 5.16 Å². The summed E-state index contributed by atoms with van der Waals surface area (Å²) in [6.45, 7) is 2.89. The maximum absolute atomic E-state index is 12.2. The first-order chi connectivity index (χ1) is 12.2. The van der Waals surface area contributed by atoms with E-state index in [0.717, 1.165) is 10.6 Å². The second-order valence-corrected chi connectivity index (χ2v) is 7.29. The van der Waals surface area contributed by atoms with Crippen molar-refractivity contribution < 1.29 is 27.3 Å². The molecule has 26 heavy (non-hydrogen) atoms. The van der Waals surface area contributed by atoms with E-state index in [1.807, 2.05) is 0 Å². The molecule has 0 atom stereocenters. The second kappa shape index (κ2) is 8.00. The highest BCUT2D eigenvalue weighted by molar-refractivity contribution is 7.92. The summed E-state index contributed by atoms with van der Waals surface area (Å²) in [5.74, 6) is -0.653. The normalized spacial score (nSPS) is 11.0. The van der Waals surface area contributed by atoms with Gasteiger partial charge in [0.05, 0.1) is 24.1 Å². The van der Waals surface area contributed by atoms with Crippen LogP contribution in [0.4, 0.5) is 11.5 Å². The summed E-state index contributed by atoms with van der Waals surface area (Å²) >= 11 is 0. The molecule has 0 saturated carbocycles. The number of benzene rings is 1. The summed E-state index contributed by atoms with van der Waals surface area (Å²) in [4.78, 5) is 24.4. The number of sulfonamides is 1. The molecule has 10 heteroatoms. The minimum Gasteiger partial charge on any atom is -0.462 e. The van der Waals surface area contributed by atoms with Crippen LogP contribution in [0.5, 0.6) is 0 Å². The lowest BCUT2D eigenvalue weighted by molar-refractivity contribution is -0.114. The number of amides is 1. The molecule has 0 spiro atoms. The third-order valence-corrected chi connectivity index (χ3v) is 4.38. The molecule has 0 aliphatic heterocycles. The Morgan fingerprint density at radius 3 is 2.58 bits per heavy atom. The molecule has 0 fully saturated rings. The van der Waals surface area contributed by atoms with E-state index in [4.69, 9.17) is 9.26 Å². The number of anilines is 2. The van der Waals surface area contributed by atoms with Crippen LogP contribution >= 0.6 is 0 Å². The van der Waals surface area contributed by atoms with E-state index in [2.05, 4.69) is 10.5 Å². The van der Waals surface area contributed by atoms with Crippen LogP contribution < -0.4 is 9.62 Å². The molecular formula is C16H19N3O6S. The van der Waals surface area contributed by atoms with Gasteiger partial charge in [0, 0.05) is 6.07 Å². The van der Waals surface area contributed by atoms with Crippen LogP contribution in [0.25, 0.3) is 0 Å². The summed E-state index contributed by atoms with van der Waals surface area (Å²) in [6, 6.07) is 7.50. The summed E-state index contributed by atoms with van der Waals surface area (Å²) in [5, 5.41) is 6.06. The Morgan fingerprint density at radius 1 is 1.31 bits per heavy atom. The van der Waals surface area contributed by atoms with Gasteiger partial charge in [-0.25, -0.2) is 13.2 Å². The van der Waals surface area contributed by atoms with Crippen LogP contribution in [0.15, 0.2) is 34.9 Å². The molecule has 1 aromatic heterocycles. The summed E-state index contributed by atoms with van der Waals surface area (Å²) in [5.41, 5.74) is 0.102. The molecule has 0 bridgehead atoms. The standard InChI is InChI=1S/C16H19N3O6S/c1-4-24-16(21)12-7-5-6-8-13(12)19(26(3,22)23)10-15(20)17-14-9-11(2)25-18-14/h5-9H,4,10H2,1-3H3,(H,17,18,20). The number of carbonyl (C=O) groups is 2. The molecular weight excluding hydrogens is 362 g/mol. The largest absolute Gasteiger partial charge is 0.462 e. The first-order valence-electron chi connectivity index (χ1n) is 7.69. The lowest BCUT2D eigenvalue weighted by Crippen LogP contribution is -2.38. The van der Waals surface area contributed by atoms with E-state index in [-0.39, 0.29) is 23.7 Å². The van der Waals surface area contributed by atoms with Crippen LogP contribution in [0.1, 0.15) is 23.0 Å². The van der Waals surface area contributed by atoms with Crippen molar-refractivity contribution >= 4 is 33.4 Å². The number of carbonyl (C=O) groups excluding carboxylic acids is 2. The van der Waals surface area contributed by atoms with E-state index in [9.17, 15) is 18.0 Å². The molecule has 1 amide bonds. The average Bonchev–Trinajstić information content (AvgIpc) is 2.96. The average molecular weight is 381 g/mol. The highest BCUT2D eigenvalue weighted by Crippen LogP contribution is 2.24. The number of nitrogens with one attached hydrogen (secondary N) is 1. The van der Waals surface area contributed by atoms with Gasteiger partial charge in [-0.15, -0.1) is 0 Å². The van der Waals surface area contributed by atoms with Gasteiger partial charge in [-0.1, -0.05) is 17.3 Å². The third-order valence-electron chi connectivity index (χ3n) is 3.25. The van der Waals surface area contributed by atoms with Gasteiger partial charge in [0.15, 0.2) is 5.82 Å². The lowest BCUT2D eigenvalue weighted by Gasteiger charge is -2.23. The van der Waals surface area contributed by atoms with Crippen molar-refractivity contribution in [2.75, 3.05) is 29.0 Å². The van der Waals surface area contributed by atoms with Crippen LogP contribution in [0, 0.1) is 6.92 Å². The predicted molar refractivity (Wildman–Crippen MR) is 94.5 cm³/mol. The van der Waals surface area contributed by atoms with Gasteiger partial charge in [-0.3, -0.25) is 9.10 Å². The minimum absolute atomic E-state index is 0.0462. The molecule has 1 heterocycles. The van der Waals surface area contributed by atoms with Crippen LogP contribution in [0.3, 0.4) is 0 Å². The fourth-order valence-electron chi connectivity index (χ4n) is 2.19. The zero-order chi connectivity index (χ0) is 19.3. The Kier molecular flexibility index (Phi) is 5.98. The summed E-state index contributed by atoms with van der Waals surface area (Å²) in [6.07, 6.45) is 0.947. The quantitative estimate of drug-likeness (QED) is 0.723. The van der Waals surface area contributed by atoms with Gasteiger partial charge in [0.2, 0.25) is 15.9 Å². The van der Waals surface area contributed by atoms with E-state index < -0.39 is 28.4 Å². The number of nitrogens with zero attached hydrogens (tertiary/aromatic N) is 2. The summed E-state index contributed by atoms with van der Waals surface area (Å²) < 4.78 is 35.1. The van der Waals surface area contributed by atoms with Crippen molar-refractivity contribution in [1.29, 1.82) is 0 Å². The number of hydrogen-bond acceptors (Lipinski definition) is 7. The van der Waals surface area contributed by atoms with Crippen LogP contribution in [0.2, 0.25) is 0 Å². The zero-order valence-corrected chi connectivity index (χ0v) is 15.4. The van der Waals surface area contributed by atoms with Crippen molar-refractivity contribution in [2.24, 2.45) is 0 Å². The monoisotopic (exact) mass is 381 g/mol. The summed E-state index contributed by atoms with van der Waals surface area (Å²) in [7, 11) is -3.85. The number of esters is 1.